The molecule has 0 spiro atoms. The van der Waals surface area contributed by atoms with E-state index in [9.17, 15) is 13.2 Å². The Morgan fingerprint density at radius 3 is 2.53 bits per heavy atom. The maximum Gasteiger partial charge on any atom is 0.417 e. The minimum atomic E-state index is -4.30. The lowest BCUT2D eigenvalue weighted by Crippen LogP contribution is -2.04. The quantitative estimate of drug-likeness (QED) is 0.803. The third-order valence-electron chi connectivity index (χ3n) is 2.57. The third kappa shape index (κ3) is 2.46. The van der Waals surface area contributed by atoms with E-state index >= 15 is 0 Å². The van der Waals surface area contributed by atoms with E-state index in [1.54, 1.807) is 12.1 Å². The summed E-state index contributed by atoms with van der Waals surface area (Å²) < 4.78 is 38.3. The van der Waals surface area contributed by atoms with Crippen LogP contribution in [0.3, 0.4) is 0 Å². The van der Waals surface area contributed by atoms with Gasteiger partial charge in [-0.15, -0.1) is 0 Å². The van der Waals surface area contributed by atoms with Crippen LogP contribution in [0.4, 0.5) is 13.2 Å². The highest BCUT2D eigenvalue weighted by atomic mass is 19.4. The first-order valence-corrected chi connectivity index (χ1v) is 5.35. The number of benzene rings is 1. The average molecular weight is 240 g/mol. The zero-order chi connectivity index (χ0) is 12.6. The summed E-state index contributed by atoms with van der Waals surface area (Å²) in [5.41, 5.74) is 0.777. The van der Waals surface area contributed by atoms with Crippen LogP contribution in [0.25, 0.3) is 10.9 Å². The second-order valence-electron chi connectivity index (χ2n) is 4.44. The first-order chi connectivity index (χ1) is 7.88. The molecule has 1 N–H and O–H groups in total. The minimum absolute atomic E-state index is 0.247. The van der Waals surface area contributed by atoms with Gasteiger partial charge in [0.2, 0.25) is 0 Å². The summed E-state index contributed by atoms with van der Waals surface area (Å²) >= 11 is 0. The molecule has 91 valence electrons. The van der Waals surface area contributed by atoms with Crippen LogP contribution in [0.2, 0.25) is 0 Å². The number of H-pyrrole nitrogens is 1. The van der Waals surface area contributed by atoms with Gasteiger partial charge in [-0.25, -0.2) is 0 Å². The normalized spacial score (nSPS) is 12.6. The van der Waals surface area contributed by atoms with Gasteiger partial charge >= 0.3 is 6.18 Å². The van der Waals surface area contributed by atoms with Crippen LogP contribution in [0.1, 0.15) is 25.1 Å². The maximum absolute atomic E-state index is 12.8. The number of alkyl halides is 3. The molecule has 0 aliphatic heterocycles. The van der Waals surface area contributed by atoms with Gasteiger partial charge in [0.25, 0.3) is 0 Å². The van der Waals surface area contributed by atoms with E-state index in [4.69, 9.17) is 0 Å². The van der Waals surface area contributed by atoms with Crippen molar-refractivity contribution in [2.24, 2.45) is 0 Å². The number of nitrogens with one attached hydrogen (secondary N) is 1. The topological polar surface area (TPSA) is 15.8 Å². The van der Waals surface area contributed by atoms with Gasteiger partial charge in [0.1, 0.15) is 0 Å². The number of hydrogen-bond donors (Lipinski definition) is 1. The molecule has 2 aromatic rings. The molecule has 17 heavy (non-hydrogen) atoms. The Labute approximate surface area is 97.6 Å². The van der Waals surface area contributed by atoms with Crippen molar-refractivity contribution in [1.82, 2.24) is 4.98 Å². The molecule has 0 aliphatic carbocycles. The van der Waals surface area contributed by atoms with E-state index in [-0.39, 0.29) is 5.39 Å². The molecule has 0 bridgehead atoms. The van der Waals surface area contributed by atoms with Crippen molar-refractivity contribution in [2.75, 3.05) is 0 Å². The zero-order valence-electron chi connectivity index (χ0n) is 9.65. The lowest BCUT2D eigenvalue weighted by Gasteiger charge is -2.06. The van der Waals surface area contributed by atoms with Crippen LogP contribution >= 0.6 is 0 Å². The van der Waals surface area contributed by atoms with Crippen molar-refractivity contribution in [3.05, 3.63) is 41.4 Å². The van der Waals surface area contributed by atoms with Crippen molar-refractivity contribution >= 4 is 10.9 Å². The second kappa shape index (κ2) is 4.09. The molecule has 1 radical (unpaired) electrons. The second-order valence-corrected chi connectivity index (χ2v) is 4.44. The van der Waals surface area contributed by atoms with Gasteiger partial charge in [-0.3, -0.25) is 0 Å². The molecule has 0 amide bonds. The summed E-state index contributed by atoms with van der Waals surface area (Å²) in [5.74, 6) is 1.16. The molecule has 1 aromatic heterocycles. The summed E-state index contributed by atoms with van der Waals surface area (Å²) in [6, 6.07) is 5.79. The highest BCUT2D eigenvalue weighted by Crippen LogP contribution is 2.35. The molecule has 4 heteroatoms. The standard InChI is InChI=1S/C13H13F3N/c1-8(2)6-9-7-10-11(13(14,15)16)4-3-5-12(10)17-9/h3-5,7,17H,6H2,1-2H3. The van der Waals surface area contributed by atoms with Crippen molar-refractivity contribution < 1.29 is 13.2 Å². The van der Waals surface area contributed by atoms with Gasteiger partial charge in [-0.2, -0.15) is 13.2 Å². The van der Waals surface area contributed by atoms with Crippen LogP contribution in [-0.2, 0) is 12.6 Å². The van der Waals surface area contributed by atoms with E-state index in [0.29, 0.717) is 11.9 Å². The molecule has 0 saturated carbocycles. The Bertz CT molecular complexity index is 523. The fourth-order valence-corrected chi connectivity index (χ4v) is 1.94. The Kier molecular flexibility index (Phi) is 2.89. The van der Waals surface area contributed by atoms with E-state index in [0.717, 1.165) is 17.7 Å². The van der Waals surface area contributed by atoms with Crippen molar-refractivity contribution in [3.8, 4) is 0 Å². The van der Waals surface area contributed by atoms with Crippen LogP contribution in [0.5, 0.6) is 0 Å². The predicted molar refractivity (Wildman–Crippen MR) is 61.6 cm³/mol. The molecule has 1 heterocycles. The van der Waals surface area contributed by atoms with Crippen LogP contribution in [-0.4, -0.2) is 4.98 Å². The van der Waals surface area contributed by atoms with Gasteiger partial charge in [0, 0.05) is 16.6 Å². The highest BCUT2D eigenvalue weighted by Gasteiger charge is 2.32. The first-order valence-electron chi connectivity index (χ1n) is 5.35. The third-order valence-corrected chi connectivity index (χ3v) is 2.57. The van der Waals surface area contributed by atoms with Gasteiger partial charge in [-0.05, 0) is 30.5 Å². The van der Waals surface area contributed by atoms with Crippen molar-refractivity contribution in [2.45, 2.75) is 26.4 Å². The SMILES string of the molecule is C[C](C)Cc1cc2c(C(F)(F)F)cccc2[nH]1. The molecule has 0 fully saturated rings. The lowest BCUT2D eigenvalue weighted by atomic mass is 10.1. The number of aromatic amines is 1. The van der Waals surface area contributed by atoms with E-state index < -0.39 is 11.7 Å². The molecule has 0 aliphatic rings. The Balaban J connectivity index is 2.53. The van der Waals surface area contributed by atoms with Gasteiger partial charge < -0.3 is 4.98 Å². The summed E-state index contributed by atoms with van der Waals surface area (Å²) in [6.45, 7) is 3.91. The van der Waals surface area contributed by atoms with Gasteiger partial charge in [0.15, 0.2) is 0 Å². The maximum atomic E-state index is 12.8. The first kappa shape index (κ1) is 12.0. The van der Waals surface area contributed by atoms with Crippen LogP contribution in [0, 0.1) is 5.92 Å². The number of hydrogen-bond acceptors (Lipinski definition) is 0. The molecule has 1 aromatic carbocycles. The van der Waals surface area contributed by atoms with E-state index in [1.165, 1.54) is 6.07 Å². The Morgan fingerprint density at radius 1 is 1.24 bits per heavy atom. The summed E-state index contributed by atoms with van der Waals surface area (Å²) in [4.78, 5) is 3.02. The summed E-state index contributed by atoms with van der Waals surface area (Å²) in [5, 5.41) is 0.247. The highest BCUT2D eigenvalue weighted by molar-refractivity contribution is 5.84. The lowest BCUT2D eigenvalue weighted by molar-refractivity contribution is -0.136. The van der Waals surface area contributed by atoms with Gasteiger partial charge in [-0.1, -0.05) is 19.9 Å². The molecular formula is C13H13F3N. The fraction of sp³-hybridized carbons (Fsp3) is 0.308. The number of halogens is 3. The van der Waals surface area contributed by atoms with Crippen molar-refractivity contribution in [1.29, 1.82) is 0 Å². The molecular weight excluding hydrogens is 227 g/mol. The molecule has 0 unspecified atom stereocenters. The van der Waals surface area contributed by atoms with Crippen LogP contribution in [0.15, 0.2) is 24.3 Å². The summed E-state index contributed by atoms with van der Waals surface area (Å²) in [6.07, 6.45) is -3.63. The summed E-state index contributed by atoms with van der Waals surface area (Å²) in [7, 11) is 0. The largest absolute Gasteiger partial charge is 0.417 e. The molecule has 2 rings (SSSR count). The van der Waals surface area contributed by atoms with Crippen molar-refractivity contribution in [3.63, 3.8) is 0 Å². The molecule has 0 atom stereocenters. The minimum Gasteiger partial charge on any atom is -0.358 e. The molecule has 1 nitrogen and oxygen atoms in total. The van der Waals surface area contributed by atoms with Gasteiger partial charge in [0.05, 0.1) is 5.56 Å². The van der Waals surface area contributed by atoms with E-state index in [1.807, 2.05) is 13.8 Å². The average Bonchev–Trinajstić information content (AvgIpc) is 2.55. The van der Waals surface area contributed by atoms with E-state index in [2.05, 4.69) is 4.98 Å². The predicted octanol–water partition coefficient (Wildman–Crippen LogP) is 4.34. The number of rotatable bonds is 2. The Morgan fingerprint density at radius 2 is 1.94 bits per heavy atom. The Hall–Kier alpha value is -1.45. The number of fused-ring (bicyclic) bond motifs is 1. The zero-order valence-corrected chi connectivity index (χ0v) is 9.65. The molecule has 0 saturated heterocycles. The van der Waals surface area contributed by atoms with Crippen LogP contribution < -0.4 is 0 Å². The monoisotopic (exact) mass is 240 g/mol. The fourth-order valence-electron chi connectivity index (χ4n) is 1.94. The smallest absolute Gasteiger partial charge is 0.358 e. The number of aromatic nitrogens is 1.